The van der Waals surface area contributed by atoms with Crippen LogP contribution in [-0.2, 0) is 14.8 Å². The third-order valence-corrected chi connectivity index (χ3v) is 6.85. The number of likely N-dealkylation sites (tertiary alicyclic amines) is 1. The first kappa shape index (κ1) is 17.4. The van der Waals surface area contributed by atoms with E-state index < -0.39 is 16.1 Å². The van der Waals surface area contributed by atoms with Crippen LogP contribution in [0.15, 0.2) is 35.2 Å². The first-order chi connectivity index (χ1) is 11.5. The second kappa shape index (κ2) is 7.21. The number of nitrogens with one attached hydrogen (secondary N) is 1. The summed E-state index contributed by atoms with van der Waals surface area (Å²) in [7, 11) is -1.70. The summed E-state index contributed by atoms with van der Waals surface area (Å²) in [4.78, 5) is 15.0. The van der Waals surface area contributed by atoms with Crippen LogP contribution in [0.5, 0.6) is 0 Å². The van der Waals surface area contributed by atoms with Crippen molar-refractivity contribution in [2.45, 2.75) is 30.2 Å². The second-order valence-corrected chi connectivity index (χ2v) is 8.47. The Kier molecular flexibility index (Phi) is 5.22. The average molecular weight is 351 g/mol. The molecule has 7 heteroatoms. The Morgan fingerprint density at radius 1 is 1.21 bits per heavy atom. The first-order valence-corrected chi connectivity index (χ1v) is 9.98. The molecule has 2 atom stereocenters. The van der Waals surface area contributed by atoms with Crippen molar-refractivity contribution in [3.05, 3.63) is 30.3 Å². The minimum Gasteiger partial charge on any atom is -0.341 e. The van der Waals surface area contributed by atoms with Crippen LogP contribution >= 0.6 is 0 Å². The van der Waals surface area contributed by atoms with Gasteiger partial charge in [0.2, 0.25) is 15.9 Å². The molecule has 2 saturated heterocycles. The SMILES string of the molecule is CNCC1CCN(C(=O)C2CCCN2S(=O)(=O)c2ccccc2)C1. The normalized spacial score (nSPS) is 25.3. The zero-order chi connectivity index (χ0) is 17.2. The van der Waals surface area contributed by atoms with Gasteiger partial charge in [-0.05, 0) is 50.9 Å². The maximum absolute atomic E-state index is 12.9. The van der Waals surface area contributed by atoms with Crippen LogP contribution in [0.3, 0.4) is 0 Å². The maximum atomic E-state index is 12.9. The Hall–Kier alpha value is -1.44. The van der Waals surface area contributed by atoms with Crippen molar-refractivity contribution in [1.29, 1.82) is 0 Å². The summed E-state index contributed by atoms with van der Waals surface area (Å²) in [6, 6.07) is 7.84. The van der Waals surface area contributed by atoms with Gasteiger partial charge in [-0.25, -0.2) is 8.42 Å². The standard InChI is InChI=1S/C17H25N3O3S/c1-18-12-14-9-11-19(13-14)17(21)16-8-5-10-20(16)24(22,23)15-6-3-2-4-7-15/h2-4,6-7,14,16,18H,5,8-13H2,1H3. The zero-order valence-corrected chi connectivity index (χ0v) is 14.8. The highest BCUT2D eigenvalue weighted by molar-refractivity contribution is 7.89. The third kappa shape index (κ3) is 3.34. The molecule has 132 valence electrons. The quantitative estimate of drug-likeness (QED) is 0.856. The van der Waals surface area contributed by atoms with Crippen LogP contribution in [0.1, 0.15) is 19.3 Å². The van der Waals surface area contributed by atoms with Gasteiger partial charge in [0, 0.05) is 19.6 Å². The van der Waals surface area contributed by atoms with Gasteiger partial charge in [0.05, 0.1) is 4.90 Å². The molecule has 2 heterocycles. The predicted molar refractivity (Wildman–Crippen MR) is 92.0 cm³/mol. The number of carbonyl (C=O) groups is 1. The molecule has 0 saturated carbocycles. The van der Waals surface area contributed by atoms with Gasteiger partial charge in [-0.1, -0.05) is 18.2 Å². The summed E-state index contributed by atoms with van der Waals surface area (Å²) in [5, 5.41) is 3.15. The molecule has 0 aliphatic carbocycles. The number of sulfonamides is 1. The van der Waals surface area contributed by atoms with E-state index in [1.807, 2.05) is 11.9 Å². The lowest BCUT2D eigenvalue weighted by atomic mass is 10.1. The summed E-state index contributed by atoms with van der Waals surface area (Å²) in [6.07, 6.45) is 2.32. The van der Waals surface area contributed by atoms with E-state index >= 15 is 0 Å². The summed E-state index contributed by atoms with van der Waals surface area (Å²) in [5.74, 6) is 0.421. The minimum atomic E-state index is -3.61. The highest BCUT2D eigenvalue weighted by Crippen LogP contribution is 2.28. The number of hydrogen-bond donors (Lipinski definition) is 1. The smallest absolute Gasteiger partial charge is 0.243 e. The van der Waals surface area contributed by atoms with Crippen molar-refractivity contribution in [1.82, 2.24) is 14.5 Å². The van der Waals surface area contributed by atoms with E-state index in [0.29, 0.717) is 18.9 Å². The third-order valence-electron chi connectivity index (χ3n) is 4.93. The molecular formula is C17H25N3O3S. The van der Waals surface area contributed by atoms with E-state index in [1.165, 1.54) is 4.31 Å². The van der Waals surface area contributed by atoms with Crippen molar-refractivity contribution >= 4 is 15.9 Å². The fourth-order valence-electron chi connectivity index (χ4n) is 3.70. The van der Waals surface area contributed by atoms with E-state index in [0.717, 1.165) is 32.5 Å². The molecule has 2 unspecified atom stereocenters. The van der Waals surface area contributed by atoms with Crippen LogP contribution in [0.2, 0.25) is 0 Å². The van der Waals surface area contributed by atoms with Crippen molar-refractivity contribution in [3.8, 4) is 0 Å². The monoisotopic (exact) mass is 351 g/mol. The molecule has 3 rings (SSSR count). The van der Waals surface area contributed by atoms with E-state index in [2.05, 4.69) is 5.32 Å². The topological polar surface area (TPSA) is 69.7 Å². The lowest BCUT2D eigenvalue weighted by Gasteiger charge is -2.27. The molecule has 24 heavy (non-hydrogen) atoms. The Morgan fingerprint density at radius 2 is 1.96 bits per heavy atom. The van der Waals surface area contributed by atoms with Crippen molar-refractivity contribution in [2.24, 2.45) is 5.92 Å². The molecule has 1 amide bonds. The Labute approximate surface area is 143 Å². The lowest BCUT2D eigenvalue weighted by Crippen LogP contribution is -2.47. The molecule has 2 aliphatic heterocycles. The molecule has 2 fully saturated rings. The van der Waals surface area contributed by atoms with Crippen LogP contribution in [-0.4, -0.2) is 62.8 Å². The van der Waals surface area contributed by atoms with Crippen LogP contribution in [0.25, 0.3) is 0 Å². The summed E-state index contributed by atoms with van der Waals surface area (Å²) in [5.41, 5.74) is 0. The van der Waals surface area contributed by atoms with E-state index in [1.54, 1.807) is 30.3 Å². The second-order valence-electron chi connectivity index (χ2n) is 6.58. The summed E-state index contributed by atoms with van der Waals surface area (Å²) >= 11 is 0. The molecule has 0 aromatic heterocycles. The number of nitrogens with zero attached hydrogens (tertiary/aromatic N) is 2. The highest BCUT2D eigenvalue weighted by Gasteiger charge is 2.42. The fraction of sp³-hybridized carbons (Fsp3) is 0.588. The Morgan fingerprint density at radius 3 is 2.67 bits per heavy atom. The summed E-state index contributed by atoms with van der Waals surface area (Å²) in [6.45, 7) is 2.75. The van der Waals surface area contributed by atoms with Gasteiger partial charge in [-0.3, -0.25) is 4.79 Å². The largest absolute Gasteiger partial charge is 0.341 e. The molecule has 1 aromatic carbocycles. The van der Waals surface area contributed by atoms with Gasteiger partial charge in [0.15, 0.2) is 0 Å². The molecular weight excluding hydrogens is 326 g/mol. The molecule has 0 bridgehead atoms. The van der Waals surface area contributed by atoms with Gasteiger partial charge >= 0.3 is 0 Å². The number of benzene rings is 1. The highest BCUT2D eigenvalue weighted by atomic mass is 32.2. The van der Waals surface area contributed by atoms with Crippen molar-refractivity contribution in [3.63, 3.8) is 0 Å². The number of amides is 1. The van der Waals surface area contributed by atoms with E-state index in [4.69, 9.17) is 0 Å². The van der Waals surface area contributed by atoms with E-state index in [9.17, 15) is 13.2 Å². The summed E-state index contributed by atoms with van der Waals surface area (Å²) < 4.78 is 27.2. The van der Waals surface area contributed by atoms with Gasteiger partial charge in [0.1, 0.15) is 6.04 Å². The Balaban J connectivity index is 1.75. The molecule has 0 spiro atoms. The molecule has 1 aromatic rings. The van der Waals surface area contributed by atoms with Crippen LogP contribution in [0.4, 0.5) is 0 Å². The van der Waals surface area contributed by atoms with Crippen molar-refractivity contribution in [2.75, 3.05) is 33.2 Å². The molecule has 1 N–H and O–H groups in total. The van der Waals surface area contributed by atoms with E-state index in [-0.39, 0.29) is 10.8 Å². The molecule has 6 nitrogen and oxygen atoms in total. The average Bonchev–Trinajstić information content (AvgIpc) is 3.25. The van der Waals surface area contributed by atoms with Gasteiger partial charge < -0.3 is 10.2 Å². The van der Waals surface area contributed by atoms with Crippen LogP contribution in [0, 0.1) is 5.92 Å². The maximum Gasteiger partial charge on any atom is 0.243 e. The Bertz CT molecular complexity index is 678. The number of hydrogen-bond acceptors (Lipinski definition) is 4. The van der Waals surface area contributed by atoms with Crippen molar-refractivity contribution < 1.29 is 13.2 Å². The number of carbonyl (C=O) groups excluding carboxylic acids is 1. The first-order valence-electron chi connectivity index (χ1n) is 8.54. The van der Waals surface area contributed by atoms with Crippen LogP contribution < -0.4 is 5.32 Å². The van der Waals surface area contributed by atoms with Gasteiger partial charge in [-0.2, -0.15) is 4.31 Å². The fourth-order valence-corrected chi connectivity index (χ4v) is 5.37. The molecule has 2 aliphatic rings. The lowest BCUT2D eigenvalue weighted by molar-refractivity contribution is -0.133. The predicted octanol–water partition coefficient (Wildman–Crippen LogP) is 0.908. The minimum absolute atomic E-state index is 0.0365. The van der Waals surface area contributed by atoms with Gasteiger partial charge in [0.25, 0.3) is 0 Å². The molecule has 0 radical (unpaired) electrons. The van der Waals surface area contributed by atoms with Gasteiger partial charge in [-0.15, -0.1) is 0 Å². The number of rotatable bonds is 5. The zero-order valence-electron chi connectivity index (χ0n) is 14.0.